The van der Waals surface area contributed by atoms with Crippen molar-refractivity contribution in [1.29, 1.82) is 0 Å². The molecule has 5 atom stereocenters. The smallest absolute Gasteiger partial charge is 0.403 e. The molecule has 0 aliphatic carbocycles. The summed E-state index contributed by atoms with van der Waals surface area (Å²) in [5, 5.41) is 5.89. The third-order valence-electron chi connectivity index (χ3n) is 4.79. The Morgan fingerprint density at radius 2 is 2.22 bits per heavy atom. The number of aromatic amines is 1. The Balaban J connectivity index is 2.13. The fourth-order valence-electron chi connectivity index (χ4n) is 3.25. The van der Waals surface area contributed by atoms with Gasteiger partial charge in [-0.15, -0.1) is 0 Å². The third kappa shape index (κ3) is 6.76. The lowest BCUT2D eigenvalue weighted by atomic mass is 10.1. The number of nitrogens with zero attached hydrogens (tertiary/aromatic N) is 4. The minimum absolute atomic E-state index is 0.0268. The van der Waals surface area contributed by atoms with E-state index in [2.05, 4.69) is 24.8 Å². The number of esters is 1. The van der Waals surface area contributed by atoms with Crippen molar-refractivity contribution in [3.63, 3.8) is 0 Å². The molecular formula is C17H27N6O8P. The van der Waals surface area contributed by atoms with Crippen LogP contribution in [0.15, 0.2) is 20.9 Å². The van der Waals surface area contributed by atoms with Gasteiger partial charge in [-0.1, -0.05) is 19.0 Å². The summed E-state index contributed by atoms with van der Waals surface area (Å²) in [6, 6.07) is -1.88. The fourth-order valence-corrected chi connectivity index (χ4v) is 4.28. The maximum Gasteiger partial charge on any atom is 0.403 e. The first-order valence-electron chi connectivity index (χ1n) is 9.82. The van der Waals surface area contributed by atoms with E-state index in [1.165, 1.54) is 13.1 Å². The van der Waals surface area contributed by atoms with Crippen molar-refractivity contribution in [2.45, 2.75) is 58.0 Å². The van der Waals surface area contributed by atoms with E-state index in [9.17, 15) is 23.8 Å². The quantitative estimate of drug-likeness (QED) is 0.146. The van der Waals surface area contributed by atoms with Crippen LogP contribution < -0.4 is 16.3 Å². The van der Waals surface area contributed by atoms with Gasteiger partial charge in [-0.2, -0.15) is 0 Å². The first-order valence-corrected chi connectivity index (χ1v) is 11.4. The summed E-state index contributed by atoms with van der Waals surface area (Å²) >= 11 is 0. The molecule has 0 radical (unpaired) electrons. The molecule has 1 aromatic heterocycles. The summed E-state index contributed by atoms with van der Waals surface area (Å²) in [6.45, 7) is 4.71. The topological polar surface area (TPSA) is 198 Å². The molecule has 0 spiro atoms. The molecule has 1 fully saturated rings. The summed E-state index contributed by atoms with van der Waals surface area (Å²) in [7, 11) is -3.30. The molecule has 4 unspecified atom stereocenters. The molecule has 15 heteroatoms. The molecule has 1 aliphatic heterocycles. The molecule has 0 saturated carbocycles. The van der Waals surface area contributed by atoms with Gasteiger partial charge in [0.25, 0.3) is 5.56 Å². The Hall–Kier alpha value is -2.47. The van der Waals surface area contributed by atoms with Crippen LogP contribution >= 0.6 is 7.75 Å². The monoisotopic (exact) mass is 474 g/mol. The van der Waals surface area contributed by atoms with E-state index >= 15 is 0 Å². The Bertz CT molecular complexity index is 1030. The number of aryl methyl sites for hydroxylation is 1. The van der Waals surface area contributed by atoms with E-state index < -0.39 is 56.0 Å². The summed E-state index contributed by atoms with van der Waals surface area (Å²) in [4.78, 5) is 50.7. The Morgan fingerprint density at radius 3 is 2.81 bits per heavy atom. The molecule has 1 aromatic rings. The lowest BCUT2D eigenvalue weighted by Gasteiger charge is -2.23. The van der Waals surface area contributed by atoms with Crippen molar-refractivity contribution >= 4 is 13.7 Å². The SMILES string of the molecule is COC(=O)[C@H](CC(C)C)NP(=O)(O)OCC1OC(n2cc(C)c(=O)[nH]c2=O)CC1N=[N+]=[N-]. The molecule has 1 saturated heterocycles. The predicted octanol–water partition coefficient (Wildman–Crippen LogP) is 1.11. The van der Waals surface area contributed by atoms with E-state index in [1.54, 1.807) is 0 Å². The number of carbonyl (C=O) groups excluding carboxylic acids is 1. The number of hydrogen-bond acceptors (Lipinski definition) is 8. The number of rotatable bonds is 10. The maximum absolute atomic E-state index is 12.5. The van der Waals surface area contributed by atoms with Crippen molar-refractivity contribution in [2.24, 2.45) is 11.0 Å². The molecule has 178 valence electrons. The highest BCUT2D eigenvalue weighted by Crippen LogP contribution is 2.40. The van der Waals surface area contributed by atoms with Crippen LogP contribution in [-0.2, 0) is 23.4 Å². The molecule has 0 amide bonds. The van der Waals surface area contributed by atoms with Gasteiger partial charge < -0.3 is 14.4 Å². The predicted molar refractivity (Wildman–Crippen MR) is 112 cm³/mol. The summed E-state index contributed by atoms with van der Waals surface area (Å²) in [5.41, 5.74) is 7.86. The second kappa shape index (κ2) is 10.9. The number of nitrogens with one attached hydrogen (secondary N) is 2. The van der Waals surface area contributed by atoms with Crippen LogP contribution in [0.1, 0.15) is 38.5 Å². The summed E-state index contributed by atoms with van der Waals surface area (Å²) < 4.78 is 29.1. The van der Waals surface area contributed by atoms with Gasteiger partial charge in [-0.25, -0.2) is 14.4 Å². The number of methoxy groups -OCH3 is 1. The van der Waals surface area contributed by atoms with Crippen LogP contribution in [0.25, 0.3) is 10.4 Å². The molecule has 1 aliphatic rings. The first-order chi connectivity index (χ1) is 15.0. The number of azide groups is 1. The zero-order valence-electron chi connectivity index (χ0n) is 18.1. The van der Waals surface area contributed by atoms with Gasteiger partial charge in [0.1, 0.15) is 12.3 Å². The van der Waals surface area contributed by atoms with Crippen molar-refractivity contribution in [3.05, 3.63) is 43.0 Å². The van der Waals surface area contributed by atoms with Crippen molar-refractivity contribution in [3.8, 4) is 0 Å². The average molecular weight is 474 g/mol. The molecule has 2 heterocycles. The number of aromatic nitrogens is 2. The number of carbonyl (C=O) groups is 1. The zero-order chi connectivity index (χ0) is 24.1. The molecule has 0 bridgehead atoms. The summed E-state index contributed by atoms with van der Waals surface area (Å²) in [5.74, 6) is -0.688. The molecule has 0 aromatic carbocycles. The van der Waals surface area contributed by atoms with Gasteiger partial charge >= 0.3 is 19.4 Å². The largest absolute Gasteiger partial charge is 0.468 e. The van der Waals surface area contributed by atoms with Gasteiger partial charge in [-0.3, -0.25) is 23.7 Å². The van der Waals surface area contributed by atoms with E-state index in [0.717, 1.165) is 11.7 Å². The van der Waals surface area contributed by atoms with Crippen molar-refractivity contribution in [1.82, 2.24) is 14.6 Å². The fraction of sp³-hybridized carbons (Fsp3) is 0.706. The van der Waals surface area contributed by atoms with Crippen molar-refractivity contribution in [2.75, 3.05) is 13.7 Å². The van der Waals surface area contributed by atoms with Gasteiger partial charge in [0.2, 0.25) is 0 Å². The summed E-state index contributed by atoms with van der Waals surface area (Å²) in [6.07, 6.45) is -0.229. The molecule has 3 N–H and O–H groups in total. The second-order valence-corrected chi connectivity index (χ2v) is 9.32. The van der Waals surface area contributed by atoms with Crippen LogP contribution in [0.5, 0.6) is 0 Å². The van der Waals surface area contributed by atoms with Crippen molar-refractivity contribution < 1.29 is 28.3 Å². The van der Waals surface area contributed by atoms with Gasteiger partial charge in [0.15, 0.2) is 0 Å². The second-order valence-electron chi connectivity index (χ2n) is 7.77. The highest BCUT2D eigenvalue weighted by molar-refractivity contribution is 7.50. The van der Waals surface area contributed by atoms with Gasteiger partial charge in [0.05, 0.1) is 25.9 Å². The molecular weight excluding hydrogens is 447 g/mol. The van der Waals surface area contributed by atoms with Crippen LogP contribution in [-0.4, -0.2) is 52.3 Å². The minimum Gasteiger partial charge on any atom is -0.468 e. The maximum atomic E-state index is 12.5. The van der Waals surface area contributed by atoms with Gasteiger partial charge in [0, 0.05) is 23.1 Å². The highest BCUT2D eigenvalue weighted by atomic mass is 31.2. The molecule has 2 rings (SSSR count). The van der Waals surface area contributed by atoms with E-state index in [0.29, 0.717) is 0 Å². The number of ether oxygens (including phenoxy) is 2. The minimum atomic E-state index is -4.47. The lowest BCUT2D eigenvalue weighted by Crippen LogP contribution is -2.38. The number of H-pyrrole nitrogens is 1. The normalized spacial score (nSPS) is 23.4. The third-order valence-corrected chi connectivity index (χ3v) is 5.92. The Kier molecular flexibility index (Phi) is 8.79. The van der Waals surface area contributed by atoms with E-state index in [-0.39, 0.29) is 24.3 Å². The first kappa shape index (κ1) is 25.8. The Labute approximate surface area is 183 Å². The van der Waals surface area contributed by atoms with E-state index in [1.807, 2.05) is 13.8 Å². The van der Waals surface area contributed by atoms with Crippen LogP contribution in [0, 0.1) is 12.8 Å². The lowest BCUT2D eigenvalue weighted by molar-refractivity contribution is -0.143. The number of hydrogen-bond donors (Lipinski definition) is 3. The Morgan fingerprint density at radius 1 is 1.53 bits per heavy atom. The van der Waals surface area contributed by atoms with Crippen LogP contribution in [0.4, 0.5) is 0 Å². The standard InChI is InChI=1S/C17H27N6O8P/c1-9(2)5-12(16(25)29-4)21-32(27,28)30-8-13-11(20-22-18)6-14(31-13)23-7-10(3)15(24)19-17(23)26/h7,9,11-14H,5-6,8H2,1-4H3,(H,19,24,26)(H2,21,27,28)/t11?,12-,13?,14?/m0/s1. The van der Waals surface area contributed by atoms with E-state index in [4.69, 9.17) is 14.8 Å². The van der Waals surface area contributed by atoms with Crippen LogP contribution in [0.2, 0.25) is 0 Å². The van der Waals surface area contributed by atoms with Gasteiger partial charge in [-0.05, 0) is 24.8 Å². The molecule has 14 nitrogen and oxygen atoms in total. The highest BCUT2D eigenvalue weighted by Gasteiger charge is 2.39. The van der Waals surface area contributed by atoms with Crippen LogP contribution in [0.3, 0.4) is 0 Å². The average Bonchev–Trinajstić information content (AvgIpc) is 3.10. The zero-order valence-corrected chi connectivity index (χ0v) is 19.0. The molecule has 32 heavy (non-hydrogen) atoms.